The van der Waals surface area contributed by atoms with Crippen molar-refractivity contribution in [2.24, 2.45) is 0 Å². The van der Waals surface area contributed by atoms with Crippen LogP contribution in [0.3, 0.4) is 0 Å². The lowest BCUT2D eigenvalue weighted by molar-refractivity contribution is -0.870. The summed E-state index contributed by atoms with van der Waals surface area (Å²) in [7, 11) is 0.301. The predicted molar refractivity (Wildman–Crippen MR) is 95.1 cm³/mol. The van der Waals surface area contributed by atoms with Crippen molar-refractivity contribution < 1.29 is 4.48 Å². The zero-order valence-electron chi connectivity index (χ0n) is 13.8. The summed E-state index contributed by atoms with van der Waals surface area (Å²) in [4.78, 5) is 0. The van der Waals surface area contributed by atoms with Crippen LogP contribution in [0.4, 0.5) is 0 Å². The highest BCUT2D eigenvalue weighted by atomic mass is 31.1. The van der Waals surface area contributed by atoms with Gasteiger partial charge >= 0.3 is 0 Å². The van der Waals surface area contributed by atoms with Gasteiger partial charge in [0.2, 0.25) is 0 Å². The number of nitrogens with zero attached hydrogens (tertiary/aromatic N) is 1. The third-order valence-corrected chi connectivity index (χ3v) is 9.76. The molecule has 0 aromatic carbocycles. The first kappa shape index (κ1) is 15.8. The molecule has 0 radical (unpaired) electrons. The van der Waals surface area contributed by atoms with Crippen LogP contribution >= 0.6 is 7.92 Å². The minimum absolute atomic E-state index is 0.301. The van der Waals surface area contributed by atoms with E-state index >= 15 is 0 Å². The van der Waals surface area contributed by atoms with Crippen molar-refractivity contribution in [3.05, 3.63) is 24.4 Å². The fourth-order valence-electron chi connectivity index (χ4n) is 4.65. The number of rotatable bonds is 6. The number of allylic oxidation sites excluding steroid dienone is 2. The van der Waals surface area contributed by atoms with Crippen LogP contribution in [0.1, 0.15) is 58.3 Å². The zero-order valence-corrected chi connectivity index (χ0v) is 14.7. The average molecular weight is 306 g/mol. The third-order valence-electron chi connectivity index (χ3n) is 6.14. The van der Waals surface area contributed by atoms with Gasteiger partial charge in [0, 0.05) is 6.16 Å². The number of quaternary nitrogens is 1. The Labute approximate surface area is 132 Å². The molecular formula is C19H33NP+. The van der Waals surface area contributed by atoms with Crippen molar-refractivity contribution >= 4 is 7.92 Å². The molecule has 1 nitrogen and oxygen atoms in total. The van der Waals surface area contributed by atoms with Crippen LogP contribution in [0.5, 0.6) is 0 Å². The smallest absolute Gasteiger partial charge is 0.102 e. The number of hydrogen-bond acceptors (Lipinski definition) is 0. The highest BCUT2D eigenvalue weighted by Gasteiger charge is 2.34. The highest BCUT2D eigenvalue weighted by Crippen LogP contribution is 2.57. The quantitative estimate of drug-likeness (QED) is 0.463. The van der Waals surface area contributed by atoms with Crippen molar-refractivity contribution in [1.82, 2.24) is 0 Å². The highest BCUT2D eigenvalue weighted by molar-refractivity contribution is 7.59. The first-order chi connectivity index (χ1) is 10.3. The van der Waals surface area contributed by atoms with Crippen LogP contribution in [0.25, 0.3) is 0 Å². The minimum Gasteiger partial charge on any atom is -0.294 e. The maximum Gasteiger partial charge on any atom is 0.102 e. The van der Waals surface area contributed by atoms with Gasteiger partial charge in [-0.2, -0.15) is 0 Å². The Bertz CT molecular complexity index is 361. The van der Waals surface area contributed by atoms with Crippen LogP contribution in [0.2, 0.25) is 0 Å². The van der Waals surface area contributed by atoms with E-state index in [2.05, 4.69) is 31.4 Å². The molecule has 1 heterocycles. The first-order valence-electron chi connectivity index (χ1n) is 9.29. The van der Waals surface area contributed by atoms with Crippen molar-refractivity contribution in [3.63, 3.8) is 0 Å². The number of hydrogen-bond donors (Lipinski definition) is 0. The van der Waals surface area contributed by atoms with E-state index < -0.39 is 0 Å². The second kappa shape index (κ2) is 7.42. The zero-order chi connectivity index (χ0) is 14.5. The molecule has 0 amide bonds. The van der Waals surface area contributed by atoms with Gasteiger partial charge in [-0.25, -0.2) is 0 Å². The Kier molecular flexibility index (Phi) is 5.57. The van der Waals surface area contributed by atoms with E-state index in [0.717, 1.165) is 11.3 Å². The SMILES string of the molecule is CC[N+]1(CCP(C2CCCC2)C2CCCC2)C=CC=CC1. The first-order valence-corrected chi connectivity index (χ1v) is 11.0. The van der Waals surface area contributed by atoms with Crippen molar-refractivity contribution in [2.75, 3.05) is 25.8 Å². The number of likely N-dealkylation sites (N-methyl/N-ethyl adjacent to an activating group) is 1. The Morgan fingerprint density at radius 1 is 0.952 bits per heavy atom. The maximum atomic E-state index is 2.47. The fourth-order valence-corrected chi connectivity index (χ4v) is 8.66. The summed E-state index contributed by atoms with van der Waals surface area (Å²) in [6, 6.07) is 0. The molecule has 1 unspecified atom stereocenters. The van der Waals surface area contributed by atoms with E-state index in [1.54, 1.807) is 25.7 Å². The monoisotopic (exact) mass is 306 g/mol. The second-order valence-corrected chi connectivity index (χ2v) is 10.3. The van der Waals surface area contributed by atoms with Gasteiger partial charge in [-0.3, -0.25) is 4.48 Å². The van der Waals surface area contributed by atoms with Gasteiger partial charge in [0.25, 0.3) is 0 Å². The molecule has 0 spiro atoms. The van der Waals surface area contributed by atoms with Gasteiger partial charge in [-0.1, -0.05) is 39.7 Å². The van der Waals surface area contributed by atoms with Crippen molar-refractivity contribution in [1.29, 1.82) is 0 Å². The Morgan fingerprint density at radius 2 is 1.57 bits per heavy atom. The minimum atomic E-state index is 0.301. The Balaban J connectivity index is 1.63. The van der Waals surface area contributed by atoms with Gasteiger partial charge in [-0.15, -0.1) is 0 Å². The van der Waals surface area contributed by atoms with Crippen LogP contribution in [0, 0.1) is 0 Å². The van der Waals surface area contributed by atoms with Gasteiger partial charge in [-0.05, 0) is 56.1 Å². The van der Waals surface area contributed by atoms with E-state index in [4.69, 9.17) is 0 Å². The summed E-state index contributed by atoms with van der Waals surface area (Å²) in [5, 5.41) is 0. The summed E-state index contributed by atoms with van der Waals surface area (Å²) in [5.41, 5.74) is 2.26. The van der Waals surface area contributed by atoms with Gasteiger partial charge in [0.15, 0.2) is 0 Å². The van der Waals surface area contributed by atoms with Crippen LogP contribution in [-0.4, -0.2) is 41.6 Å². The molecule has 0 saturated heterocycles. The molecule has 21 heavy (non-hydrogen) atoms. The lowest BCUT2D eigenvalue weighted by atomic mass is 10.3. The largest absolute Gasteiger partial charge is 0.294 e. The summed E-state index contributed by atoms with van der Waals surface area (Å²) in [6.45, 7) is 6.26. The summed E-state index contributed by atoms with van der Waals surface area (Å²) in [5.74, 6) is 0. The standard InChI is InChI=1S/C19H33NP/c1-2-20(14-8-3-9-15-20)16-17-21(18-10-4-5-11-18)19-12-6-7-13-19/h3,8-9,14,18-19H,2,4-7,10-13,15-17H2,1H3/q+1. The van der Waals surface area contributed by atoms with Crippen LogP contribution in [0.15, 0.2) is 24.4 Å². The van der Waals surface area contributed by atoms with E-state index in [1.165, 1.54) is 56.0 Å². The molecule has 3 aliphatic rings. The maximum absolute atomic E-state index is 2.47. The molecule has 0 aromatic rings. The Morgan fingerprint density at radius 3 is 2.05 bits per heavy atom. The molecule has 2 aliphatic carbocycles. The lowest BCUT2D eigenvalue weighted by Crippen LogP contribution is -2.45. The lowest BCUT2D eigenvalue weighted by Gasteiger charge is -2.38. The molecule has 2 saturated carbocycles. The van der Waals surface area contributed by atoms with Crippen molar-refractivity contribution in [3.8, 4) is 0 Å². The molecule has 3 rings (SSSR count). The molecule has 2 heteroatoms. The van der Waals surface area contributed by atoms with Crippen LogP contribution < -0.4 is 0 Å². The third kappa shape index (κ3) is 3.80. The summed E-state index contributed by atoms with van der Waals surface area (Å²) < 4.78 is 1.22. The van der Waals surface area contributed by atoms with Crippen molar-refractivity contribution in [2.45, 2.75) is 69.6 Å². The molecule has 0 aromatic heterocycles. The fraction of sp³-hybridized carbons (Fsp3) is 0.789. The van der Waals surface area contributed by atoms with E-state index in [9.17, 15) is 0 Å². The van der Waals surface area contributed by atoms with E-state index in [-0.39, 0.29) is 0 Å². The topological polar surface area (TPSA) is 0 Å². The van der Waals surface area contributed by atoms with E-state index in [0.29, 0.717) is 7.92 Å². The molecule has 2 fully saturated rings. The summed E-state index contributed by atoms with van der Waals surface area (Å²) >= 11 is 0. The molecular weight excluding hydrogens is 273 g/mol. The second-order valence-electron chi connectivity index (χ2n) is 7.33. The molecule has 1 atom stereocenters. The normalized spacial score (nSPS) is 30.8. The molecule has 0 bridgehead atoms. The molecule has 118 valence electrons. The molecule has 0 N–H and O–H groups in total. The van der Waals surface area contributed by atoms with Crippen LogP contribution in [-0.2, 0) is 0 Å². The van der Waals surface area contributed by atoms with E-state index in [1.807, 2.05) is 0 Å². The Hall–Kier alpha value is -0.130. The van der Waals surface area contributed by atoms with Gasteiger partial charge < -0.3 is 0 Å². The molecule has 1 aliphatic heterocycles. The predicted octanol–water partition coefficient (Wildman–Crippen LogP) is 5.27. The van der Waals surface area contributed by atoms with Gasteiger partial charge in [0.05, 0.1) is 19.3 Å². The van der Waals surface area contributed by atoms with Gasteiger partial charge in [0.1, 0.15) is 6.54 Å². The average Bonchev–Trinajstić information content (AvgIpc) is 3.22. The summed E-state index contributed by atoms with van der Waals surface area (Å²) in [6.07, 6.45) is 23.2.